The molecule has 0 heterocycles. The number of hydrogen-bond donors (Lipinski definition) is 0. The smallest absolute Gasteiger partial charge is 0.184 e. The number of allylic oxidation sites excluding steroid dienone is 3. The molecule has 0 bridgehead atoms. The predicted molar refractivity (Wildman–Crippen MR) is 124 cm³/mol. The zero-order valence-electron chi connectivity index (χ0n) is 18.3. The van der Waals surface area contributed by atoms with Gasteiger partial charge in [-0.05, 0) is 123 Å². The van der Waals surface area contributed by atoms with Crippen LogP contribution in [0.25, 0.3) is 5.57 Å². The van der Waals surface area contributed by atoms with E-state index >= 15 is 0 Å². The molecule has 3 aliphatic carbocycles. The monoisotopic (exact) mass is 430 g/mol. The van der Waals surface area contributed by atoms with Crippen LogP contribution in [0.1, 0.15) is 76.2 Å². The molecule has 1 aromatic rings. The first-order valence-corrected chi connectivity index (χ1v) is 12.3. The maximum absolute atomic E-state index is 14.3. The van der Waals surface area contributed by atoms with Crippen LogP contribution in [0.3, 0.4) is 0 Å². The molecule has 0 N–H and O–H groups in total. The van der Waals surface area contributed by atoms with Crippen LogP contribution < -0.4 is 4.74 Å². The van der Waals surface area contributed by atoms with Crippen molar-refractivity contribution >= 4 is 17.2 Å². The van der Waals surface area contributed by atoms with E-state index in [-0.39, 0.29) is 10.8 Å². The summed E-state index contributed by atoms with van der Waals surface area (Å²) in [5, 5.41) is 0.200. The first-order valence-electron chi connectivity index (χ1n) is 11.9. The van der Waals surface area contributed by atoms with Crippen molar-refractivity contribution in [3.63, 3.8) is 0 Å². The number of hydrogen-bond acceptors (Lipinski definition) is 1. The Hall–Kier alpha value is -1.28. The van der Waals surface area contributed by atoms with E-state index in [2.05, 4.69) is 18.7 Å². The van der Waals surface area contributed by atoms with Crippen molar-refractivity contribution in [1.82, 2.24) is 0 Å². The van der Waals surface area contributed by atoms with Crippen LogP contribution in [0, 0.1) is 35.4 Å². The predicted octanol–water partition coefficient (Wildman–Crippen LogP) is 8.47. The summed E-state index contributed by atoms with van der Waals surface area (Å²) in [6.07, 6.45) is 19.0. The lowest BCUT2D eigenvalue weighted by atomic mass is 9.66. The quantitative estimate of drug-likeness (QED) is 0.425. The Morgan fingerprint density at radius 2 is 1.53 bits per heavy atom. The van der Waals surface area contributed by atoms with E-state index in [0.29, 0.717) is 0 Å². The molecular weight excluding hydrogens is 395 g/mol. The van der Waals surface area contributed by atoms with Crippen molar-refractivity contribution in [1.29, 1.82) is 0 Å². The minimum Gasteiger partial charge on any atom is -0.494 e. The standard InChI is InChI=1S/C27H36ClFO/c1-3-18-4-6-19(7-5-18)20-8-10-21(11-9-20)22-12-14-23(15-13-22)24-16-17-25(30-2)27(29)26(24)28/h3,14,16-22H,1,4-13,15H2,2H3. The number of ether oxygens (including phenoxy) is 1. The molecule has 3 aliphatic rings. The highest BCUT2D eigenvalue weighted by Gasteiger charge is 2.33. The second-order valence-corrected chi connectivity index (χ2v) is 10.2. The summed E-state index contributed by atoms with van der Waals surface area (Å²) >= 11 is 6.30. The Morgan fingerprint density at radius 1 is 0.933 bits per heavy atom. The van der Waals surface area contributed by atoms with Crippen molar-refractivity contribution in [2.45, 2.75) is 70.6 Å². The maximum Gasteiger partial charge on any atom is 0.184 e. The van der Waals surface area contributed by atoms with E-state index in [1.807, 2.05) is 6.07 Å². The molecule has 1 nitrogen and oxygen atoms in total. The van der Waals surface area contributed by atoms with Gasteiger partial charge in [0.25, 0.3) is 0 Å². The second-order valence-electron chi connectivity index (χ2n) is 9.79. The third-order valence-electron chi connectivity index (χ3n) is 8.36. The van der Waals surface area contributed by atoms with Gasteiger partial charge in [0, 0.05) is 0 Å². The molecular formula is C27H36ClFO. The van der Waals surface area contributed by atoms with Crippen molar-refractivity contribution in [3.8, 4) is 5.75 Å². The van der Waals surface area contributed by atoms with E-state index in [1.54, 1.807) is 6.07 Å². The van der Waals surface area contributed by atoms with Gasteiger partial charge in [-0.25, -0.2) is 4.39 Å². The van der Waals surface area contributed by atoms with E-state index in [9.17, 15) is 4.39 Å². The maximum atomic E-state index is 14.3. The summed E-state index contributed by atoms with van der Waals surface area (Å²) in [6.45, 7) is 3.99. The Labute approximate surface area is 186 Å². The van der Waals surface area contributed by atoms with Gasteiger partial charge in [-0.15, -0.1) is 6.58 Å². The Morgan fingerprint density at radius 3 is 2.07 bits per heavy atom. The van der Waals surface area contributed by atoms with Gasteiger partial charge in [0.15, 0.2) is 11.6 Å². The molecule has 30 heavy (non-hydrogen) atoms. The van der Waals surface area contributed by atoms with Crippen molar-refractivity contribution in [3.05, 3.63) is 47.3 Å². The Kier molecular flexibility index (Phi) is 7.24. The fraction of sp³-hybridized carbons (Fsp3) is 0.630. The summed E-state index contributed by atoms with van der Waals surface area (Å²) in [5.74, 6) is 4.12. The van der Waals surface area contributed by atoms with Gasteiger partial charge in [0.2, 0.25) is 0 Å². The molecule has 0 saturated heterocycles. The molecule has 1 unspecified atom stereocenters. The zero-order valence-corrected chi connectivity index (χ0v) is 19.1. The van der Waals surface area contributed by atoms with E-state index in [4.69, 9.17) is 16.3 Å². The topological polar surface area (TPSA) is 9.23 Å². The van der Waals surface area contributed by atoms with Gasteiger partial charge in [-0.2, -0.15) is 0 Å². The molecule has 0 amide bonds. The summed E-state index contributed by atoms with van der Waals surface area (Å²) in [5.41, 5.74) is 2.04. The van der Waals surface area contributed by atoms with Crippen molar-refractivity contribution in [2.24, 2.45) is 29.6 Å². The molecule has 1 aromatic carbocycles. The lowest BCUT2D eigenvalue weighted by Gasteiger charge is -2.40. The van der Waals surface area contributed by atoms with Crippen LogP contribution in [0.5, 0.6) is 5.75 Å². The van der Waals surface area contributed by atoms with Crippen LogP contribution in [0.4, 0.5) is 4.39 Å². The minimum absolute atomic E-state index is 0.200. The first kappa shape index (κ1) is 21.9. The van der Waals surface area contributed by atoms with E-state index < -0.39 is 5.82 Å². The normalized spacial score (nSPS) is 32.4. The summed E-state index contributed by atoms with van der Waals surface area (Å²) in [7, 11) is 1.47. The number of benzene rings is 1. The third kappa shape index (κ3) is 4.64. The van der Waals surface area contributed by atoms with Gasteiger partial charge in [0.05, 0.1) is 12.1 Å². The molecule has 2 fully saturated rings. The molecule has 164 valence electrons. The lowest BCUT2D eigenvalue weighted by Crippen LogP contribution is -2.28. The van der Waals surface area contributed by atoms with Crippen LogP contribution in [-0.4, -0.2) is 7.11 Å². The highest BCUT2D eigenvalue weighted by atomic mass is 35.5. The number of rotatable bonds is 5. The largest absolute Gasteiger partial charge is 0.494 e. The molecule has 0 aliphatic heterocycles. The molecule has 2 saturated carbocycles. The third-order valence-corrected chi connectivity index (χ3v) is 8.73. The summed E-state index contributed by atoms with van der Waals surface area (Å²) in [6, 6.07) is 3.59. The molecule has 1 atom stereocenters. The van der Waals surface area contributed by atoms with Gasteiger partial charge >= 0.3 is 0 Å². The second kappa shape index (κ2) is 9.90. The highest BCUT2D eigenvalue weighted by Crippen LogP contribution is 2.46. The average molecular weight is 431 g/mol. The molecule has 0 spiro atoms. The average Bonchev–Trinajstić information content (AvgIpc) is 2.81. The Balaban J connectivity index is 1.30. The SMILES string of the molecule is C=CC1CCC(C2CCC(C3CC=C(c4ccc(OC)c(F)c4Cl)CC3)CC2)CC1. The number of methoxy groups -OCH3 is 1. The summed E-state index contributed by atoms with van der Waals surface area (Å²) < 4.78 is 19.4. The van der Waals surface area contributed by atoms with Crippen LogP contribution in [-0.2, 0) is 0 Å². The molecule has 0 aromatic heterocycles. The lowest BCUT2D eigenvalue weighted by molar-refractivity contribution is 0.128. The fourth-order valence-corrected chi connectivity index (χ4v) is 6.68. The molecule has 0 radical (unpaired) electrons. The Bertz CT molecular complexity index is 769. The van der Waals surface area contributed by atoms with Gasteiger partial charge < -0.3 is 4.74 Å². The van der Waals surface area contributed by atoms with Gasteiger partial charge in [0.1, 0.15) is 0 Å². The van der Waals surface area contributed by atoms with Gasteiger partial charge in [-0.1, -0.05) is 23.8 Å². The van der Waals surface area contributed by atoms with Gasteiger partial charge in [-0.3, -0.25) is 0 Å². The summed E-state index contributed by atoms with van der Waals surface area (Å²) in [4.78, 5) is 0. The fourth-order valence-electron chi connectivity index (χ4n) is 6.40. The highest BCUT2D eigenvalue weighted by molar-refractivity contribution is 6.32. The zero-order chi connectivity index (χ0) is 21.1. The van der Waals surface area contributed by atoms with E-state index in [1.165, 1.54) is 70.5 Å². The number of halogens is 2. The molecule has 3 heteroatoms. The van der Waals surface area contributed by atoms with E-state index in [0.717, 1.165) is 48.0 Å². The van der Waals surface area contributed by atoms with Crippen LogP contribution >= 0.6 is 11.6 Å². The van der Waals surface area contributed by atoms with Crippen molar-refractivity contribution in [2.75, 3.05) is 7.11 Å². The minimum atomic E-state index is -0.444. The van der Waals surface area contributed by atoms with Crippen molar-refractivity contribution < 1.29 is 9.13 Å². The van der Waals surface area contributed by atoms with Crippen LogP contribution in [0.15, 0.2) is 30.9 Å². The molecule has 4 rings (SSSR count). The van der Waals surface area contributed by atoms with Crippen LogP contribution in [0.2, 0.25) is 5.02 Å². The first-order chi connectivity index (χ1) is 14.6.